The Bertz CT molecular complexity index is 684. The lowest BCUT2D eigenvalue weighted by molar-refractivity contribution is -0.153. The Labute approximate surface area is 139 Å². The number of aromatic nitrogens is 1. The van der Waals surface area contributed by atoms with Gasteiger partial charge in [-0.1, -0.05) is 0 Å². The Kier molecular flexibility index (Phi) is 5.73. The summed E-state index contributed by atoms with van der Waals surface area (Å²) >= 11 is 0. The van der Waals surface area contributed by atoms with Gasteiger partial charge < -0.3 is 19.9 Å². The van der Waals surface area contributed by atoms with E-state index in [9.17, 15) is 19.2 Å². The van der Waals surface area contributed by atoms with Crippen LogP contribution in [0.25, 0.3) is 0 Å². The molecule has 8 nitrogen and oxygen atoms in total. The van der Waals surface area contributed by atoms with Crippen molar-refractivity contribution in [3.63, 3.8) is 0 Å². The maximum Gasteiger partial charge on any atom is 0.328 e. The topological polar surface area (TPSA) is 109 Å². The molecule has 0 aliphatic carbocycles. The summed E-state index contributed by atoms with van der Waals surface area (Å²) < 4.78 is 4.99. The molecule has 24 heavy (non-hydrogen) atoms. The molecule has 0 aromatic carbocycles. The molecule has 130 valence electrons. The number of pyridine rings is 1. The Hall–Kier alpha value is -2.64. The summed E-state index contributed by atoms with van der Waals surface area (Å²) in [6.45, 7) is 3.97. The van der Waals surface area contributed by atoms with Gasteiger partial charge in [0.2, 0.25) is 11.5 Å². The van der Waals surface area contributed by atoms with Crippen molar-refractivity contribution in [3.8, 4) is 0 Å². The van der Waals surface area contributed by atoms with E-state index in [4.69, 9.17) is 4.74 Å². The van der Waals surface area contributed by atoms with E-state index < -0.39 is 29.5 Å². The predicted molar refractivity (Wildman–Crippen MR) is 85.4 cm³/mol. The van der Waals surface area contributed by atoms with Crippen LogP contribution in [0.3, 0.4) is 0 Å². The third-order valence-electron chi connectivity index (χ3n) is 3.85. The molecule has 1 aromatic rings. The summed E-state index contributed by atoms with van der Waals surface area (Å²) in [6, 6.07) is 1.19. The maximum atomic E-state index is 12.5. The fraction of sp³-hybridized carbons (Fsp3) is 0.500. The van der Waals surface area contributed by atoms with E-state index in [1.54, 1.807) is 13.8 Å². The highest BCUT2D eigenvalue weighted by Gasteiger charge is 2.37. The van der Waals surface area contributed by atoms with E-state index in [-0.39, 0.29) is 18.1 Å². The van der Waals surface area contributed by atoms with E-state index in [2.05, 4.69) is 10.3 Å². The SMILES string of the molecule is CCOC(=O)[C@@H]1CCCN1C(=O)[C@H](C)NC(=O)c1cc[nH]c(=O)c1. The lowest BCUT2D eigenvalue weighted by atomic mass is 10.2. The monoisotopic (exact) mass is 335 g/mol. The normalized spacial score (nSPS) is 18.1. The predicted octanol–water partition coefficient (Wildman–Crippen LogP) is 0.0473. The van der Waals surface area contributed by atoms with Crippen LogP contribution in [0.4, 0.5) is 0 Å². The molecule has 1 fully saturated rings. The molecule has 1 aromatic heterocycles. The zero-order chi connectivity index (χ0) is 17.7. The highest BCUT2D eigenvalue weighted by Crippen LogP contribution is 2.19. The number of amides is 2. The molecule has 2 heterocycles. The fourth-order valence-corrected chi connectivity index (χ4v) is 2.69. The number of H-pyrrole nitrogens is 1. The average molecular weight is 335 g/mol. The van der Waals surface area contributed by atoms with Crippen LogP contribution in [0.5, 0.6) is 0 Å². The fourth-order valence-electron chi connectivity index (χ4n) is 2.69. The van der Waals surface area contributed by atoms with Gasteiger partial charge in [0.15, 0.2) is 0 Å². The summed E-state index contributed by atoms with van der Waals surface area (Å²) in [5, 5.41) is 2.56. The van der Waals surface area contributed by atoms with Gasteiger partial charge in [0, 0.05) is 24.4 Å². The molecule has 0 saturated carbocycles. The molecule has 2 amide bonds. The van der Waals surface area contributed by atoms with Crippen molar-refractivity contribution in [2.45, 2.75) is 38.8 Å². The highest BCUT2D eigenvalue weighted by molar-refractivity contribution is 5.98. The Morgan fingerprint density at radius 3 is 2.88 bits per heavy atom. The van der Waals surface area contributed by atoms with Crippen molar-refractivity contribution < 1.29 is 19.1 Å². The van der Waals surface area contributed by atoms with Gasteiger partial charge in [-0.05, 0) is 32.8 Å². The summed E-state index contributed by atoms with van der Waals surface area (Å²) in [5.74, 6) is -1.28. The average Bonchev–Trinajstić information content (AvgIpc) is 3.03. The third kappa shape index (κ3) is 4.01. The first-order chi connectivity index (χ1) is 11.4. The first kappa shape index (κ1) is 17.7. The minimum atomic E-state index is -0.813. The molecule has 0 unspecified atom stereocenters. The molecule has 1 aliphatic heterocycles. The lowest BCUT2D eigenvalue weighted by Gasteiger charge is -2.26. The van der Waals surface area contributed by atoms with Gasteiger partial charge in [-0.3, -0.25) is 14.4 Å². The van der Waals surface area contributed by atoms with Gasteiger partial charge in [0.25, 0.3) is 5.91 Å². The molecule has 2 atom stereocenters. The van der Waals surface area contributed by atoms with Crippen molar-refractivity contribution in [1.29, 1.82) is 0 Å². The van der Waals surface area contributed by atoms with Crippen molar-refractivity contribution >= 4 is 17.8 Å². The third-order valence-corrected chi connectivity index (χ3v) is 3.85. The van der Waals surface area contributed by atoms with Crippen molar-refractivity contribution in [2.75, 3.05) is 13.2 Å². The second kappa shape index (κ2) is 7.76. The highest BCUT2D eigenvalue weighted by atomic mass is 16.5. The summed E-state index contributed by atoms with van der Waals surface area (Å²) in [4.78, 5) is 51.7. The molecule has 8 heteroatoms. The second-order valence-electron chi connectivity index (χ2n) is 5.58. The van der Waals surface area contributed by atoms with Gasteiger partial charge >= 0.3 is 5.97 Å². The summed E-state index contributed by atoms with van der Waals surface area (Å²) in [5.41, 5.74) is -0.231. The van der Waals surface area contributed by atoms with Crippen LogP contribution in [-0.2, 0) is 14.3 Å². The number of hydrogen-bond donors (Lipinski definition) is 2. The molecule has 1 saturated heterocycles. The van der Waals surface area contributed by atoms with E-state index >= 15 is 0 Å². The van der Waals surface area contributed by atoms with Crippen molar-refractivity contribution in [1.82, 2.24) is 15.2 Å². The van der Waals surface area contributed by atoms with Crippen LogP contribution in [0.15, 0.2) is 23.1 Å². The largest absolute Gasteiger partial charge is 0.464 e. The van der Waals surface area contributed by atoms with Crippen molar-refractivity contribution in [3.05, 3.63) is 34.2 Å². The minimum absolute atomic E-state index is 0.168. The molecule has 1 aliphatic rings. The van der Waals surface area contributed by atoms with Crippen LogP contribution in [0.2, 0.25) is 0 Å². The molecule has 2 N–H and O–H groups in total. The summed E-state index contributed by atoms with van der Waals surface area (Å²) in [7, 11) is 0. The zero-order valence-electron chi connectivity index (χ0n) is 13.7. The van der Waals surface area contributed by atoms with E-state index in [1.807, 2.05) is 0 Å². The lowest BCUT2D eigenvalue weighted by Crippen LogP contribution is -2.50. The van der Waals surface area contributed by atoms with Crippen LogP contribution >= 0.6 is 0 Å². The van der Waals surface area contributed by atoms with Gasteiger partial charge in [-0.2, -0.15) is 0 Å². The Balaban J connectivity index is 2.02. The quantitative estimate of drug-likeness (QED) is 0.739. The minimum Gasteiger partial charge on any atom is -0.464 e. The standard InChI is InChI=1S/C16H21N3O5/c1-3-24-16(23)12-5-4-8-19(12)15(22)10(2)18-14(21)11-6-7-17-13(20)9-11/h6-7,9-10,12H,3-5,8H2,1-2H3,(H,17,20)(H,18,21)/t10-,12-/m0/s1. The smallest absolute Gasteiger partial charge is 0.328 e. The molecule has 0 radical (unpaired) electrons. The van der Waals surface area contributed by atoms with E-state index in [0.29, 0.717) is 19.4 Å². The van der Waals surface area contributed by atoms with E-state index in [1.165, 1.54) is 17.2 Å². The molecular weight excluding hydrogens is 314 g/mol. The number of aromatic amines is 1. The Morgan fingerprint density at radius 2 is 2.21 bits per heavy atom. The Morgan fingerprint density at radius 1 is 1.46 bits per heavy atom. The molecule has 2 rings (SSSR count). The van der Waals surface area contributed by atoms with Crippen LogP contribution in [-0.4, -0.2) is 52.9 Å². The van der Waals surface area contributed by atoms with Crippen LogP contribution < -0.4 is 10.9 Å². The number of esters is 1. The number of ether oxygens (including phenoxy) is 1. The number of carbonyl (C=O) groups is 3. The number of hydrogen-bond acceptors (Lipinski definition) is 5. The summed E-state index contributed by atoms with van der Waals surface area (Å²) in [6.07, 6.45) is 2.63. The maximum absolute atomic E-state index is 12.5. The van der Waals surface area contributed by atoms with Gasteiger partial charge in [0.1, 0.15) is 12.1 Å². The molecular formula is C16H21N3O5. The molecule has 0 bridgehead atoms. The van der Waals surface area contributed by atoms with E-state index in [0.717, 1.165) is 6.07 Å². The van der Waals surface area contributed by atoms with Crippen LogP contribution in [0, 0.1) is 0 Å². The van der Waals surface area contributed by atoms with Gasteiger partial charge in [-0.15, -0.1) is 0 Å². The zero-order valence-corrected chi connectivity index (χ0v) is 13.7. The van der Waals surface area contributed by atoms with Crippen molar-refractivity contribution in [2.24, 2.45) is 0 Å². The number of nitrogens with zero attached hydrogens (tertiary/aromatic N) is 1. The number of likely N-dealkylation sites (tertiary alicyclic amines) is 1. The van der Waals surface area contributed by atoms with Gasteiger partial charge in [0.05, 0.1) is 6.61 Å². The van der Waals surface area contributed by atoms with Crippen LogP contribution in [0.1, 0.15) is 37.0 Å². The molecule has 0 spiro atoms. The van der Waals surface area contributed by atoms with Gasteiger partial charge in [-0.25, -0.2) is 4.79 Å². The first-order valence-corrected chi connectivity index (χ1v) is 7.90. The number of carbonyl (C=O) groups excluding carboxylic acids is 3. The second-order valence-corrected chi connectivity index (χ2v) is 5.58. The number of rotatable bonds is 5. The number of nitrogens with one attached hydrogen (secondary N) is 2. The first-order valence-electron chi connectivity index (χ1n) is 7.90.